The van der Waals surface area contributed by atoms with Crippen molar-refractivity contribution in [3.05, 3.63) is 0 Å². The molecule has 8 aliphatic rings. The summed E-state index contributed by atoms with van der Waals surface area (Å²) in [5.41, 5.74) is 1.95. The normalized spacial score (nSPS) is 23.2. The smallest absolute Gasteiger partial charge is 0.0126 e. The van der Waals surface area contributed by atoms with E-state index in [1.165, 1.54) is 246 Å². The number of likely N-dealkylation sites (N-methyl/N-ethyl adjacent to an activating group) is 2. The summed E-state index contributed by atoms with van der Waals surface area (Å²) >= 11 is 0. The molecule has 0 aromatic heterocycles. The molecule has 8 saturated heterocycles. The molecular weight excluding hydrogens is 1060 g/mol. The van der Waals surface area contributed by atoms with Crippen LogP contribution in [-0.4, -0.2) is 240 Å². The SMILES string of the molecule is CC.CC.CC(C)(C)N1CCCCC1.CC(C)(C)N1CCCCC1.CC(C)N1CCCCCC1.CC(C)N1CCCCCC1.CC(C)N1CCCN(C)CC1.CC1CCN(C(C)(C)C)C1.CC1CCN(C(C)(C)C)CC1.CN1CCN(C(C)(C)C)CC1. The van der Waals surface area contributed by atoms with Gasteiger partial charge in [-0.1, -0.05) is 80.1 Å². The predicted octanol–water partition coefficient (Wildman–Crippen LogP) is 17.8. The molecule has 0 bridgehead atoms. The Bertz CT molecular complexity index is 1380. The summed E-state index contributed by atoms with van der Waals surface area (Å²) in [6, 6.07) is 2.25. The van der Waals surface area contributed by atoms with E-state index < -0.39 is 0 Å². The number of hydrogen-bond donors (Lipinski definition) is 0. The van der Waals surface area contributed by atoms with Gasteiger partial charge in [0.25, 0.3) is 0 Å². The van der Waals surface area contributed by atoms with Gasteiger partial charge in [0.15, 0.2) is 0 Å². The molecule has 0 saturated carbocycles. The number of rotatable bonds is 3. The Morgan fingerprint density at radius 3 is 0.747 bits per heavy atom. The second-order valence-corrected chi connectivity index (χ2v) is 33.1. The molecule has 87 heavy (non-hydrogen) atoms. The van der Waals surface area contributed by atoms with Gasteiger partial charge in [0.05, 0.1) is 0 Å². The van der Waals surface area contributed by atoms with Gasteiger partial charge < -0.3 is 19.6 Å². The zero-order valence-electron chi connectivity index (χ0n) is 65.7. The van der Waals surface area contributed by atoms with Gasteiger partial charge in [0.2, 0.25) is 0 Å². The van der Waals surface area contributed by atoms with Crippen molar-refractivity contribution >= 4 is 0 Å². The van der Waals surface area contributed by atoms with Crippen LogP contribution >= 0.6 is 0 Å². The molecular formula is C77H168N10. The third kappa shape index (κ3) is 44.8. The zero-order chi connectivity index (χ0) is 67.0. The van der Waals surface area contributed by atoms with Gasteiger partial charge in [-0.3, -0.25) is 29.4 Å². The lowest BCUT2D eigenvalue weighted by Crippen LogP contribution is -2.52. The number of piperidine rings is 3. The lowest BCUT2D eigenvalue weighted by Gasteiger charge is -2.41. The standard InChI is InChI=1S/C10H21N.2C9H20N2.5C9H19N.2C2H6/c1-9-5-7-11(8-6-9)10(2,3)4;1-9(2,3)11-7-5-10(4)6-8-11;1-9(2)11-6-4-5-10(3)7-8-11;1-8-5-6-10(7-8)9(2,3)4;2*1-9(2,3)10-7-5-4-6-8-10;2*1-9(2)10-7-5-3-4-6-8-10;2*1-2/h9H,5-8H2,1-4H3;5-8H2,1-4H3;9H,4-8H2,1-3H3;8H,5-7H2,1-4H3;2*4-8H2,1-3H3;2*9H,3-8H2,1-2H3;2*1-2H3. The van der Waals surface area contributed by atoms with Gasteiger partial charge in [-0.15, -0.1) is 0 Å². The van der Waals surface area contributed by atoms with E-state index in [-0.39, 0.29) is 0 Å². The minimum Gasteiger partial charge on any atom is -0.305 e. The molecule has 0 aliphatic carbocycles. The molecule has 0 aromatic rings. The van der Waals surface area contributed by atoms with Gasteiger partial charge in [-0.2, -0.15) is 0 Å². The average Bonchev–Trinajstić information content (AvgIpc) is 3.69. The summed E-state index contributed by atoms with van der Waals surface area (Å²) < 4.78 is 0. The Morgan fingerprint density at radius 1 is 0.241 bits per heavy atom. The van der Waals surface area contributed by atoms with E-state index in [1.807, 2.05) is 27.7 Å². The number of likely N-dealkylation sites (tertiary alicyclic amines) is 6. The van der Waals surface area contributed by atoms with Crippen LogP contribution in [0.25, 0.3) is 0 Å². The highest BCUT2D eigenvalue weighted by atomic mass is 15.3. The minimum absolute atomic E-state index is 0.362. The van der Waals surface area contributed by atoms with Crippen molar-refractivity contribution in [3.8, 4) is 0 Å². The monoisotopic (exact) mass is 1230 g/mol. The third-order valence-corrected chi connectivity index (χ3v) is 19.4. The first kappa shape index (κ1) is 88.7. The van der Waals surface area contributed by atoms with E-state index in [4.69, 9.17) is 0 Å². The zero-order valence-corrected chi connectivity index (χ0v) is 65.7. The third-order valence-electron chi connectivity index (χ3n) is 19.4. The molecule has 10 heteroatoms. The van der Waals surface area contributed by atoms with Crippen molar-refractivity contribution in [1.29, 1.82) is 0 Å². The molecule has 8 rings (SSSR count). The van der Waals surface area contributed by atoms with Crippen LogP contribution in [0.3, 0.4) is 0 Å². The van der Waals surface area contributed by atoms with Crippen LogP contribution < -0.4 is 0 Å². The second-order valence-electron chi connectivity index (χ2n) is 33.1. The molecule has 0 N–H and O–H groups in total. The maximum atomic E-state index is 2.59. The molecule has 8 aliphatic heterocycles. The summed E-state index contributed by atoms with van der Waals surface area (Å²) in [5, 5.41) is 0. The van der Waals surface area contributed by atoms with Crippen molar-refractivity contribution in [2.75, 3.05) is 145 Å². The van der Waals surface area contributed by atoms with Gasteiger partial charge >= 0.3 is 0 Å². The van der Waals surface area contributed by atoms with E-state index in [0.717, 1.165) is 30.0 Å². The Kier molecular flexibility index (Phi) is 49.2. The first-order valence-corrected chi connectivity index (χ1v) is 37.9. The van der Waals surface area contributed by atoms with Gasteiger partial charge in [-0.05, 0) is 333 Å². The molecule has 10 nitrogen and oxygen atoms in total. The van der Waals surface area contributed by atoms with Crippen LogP contribution in [0.4, 0.5) is 0 Å². The highest BCUT2D eigenvalue weighted by molar-refractivity contribution is 4.85. The van der Waals surface area contributed by atoms with Crippen molar-refractivity contribution < 1.29 is 0 Å². The topological polar surface area (TPSA) is 32.4 Å². The van der Waals surface area contributed by atoms with Gasteiger partial charge in [0.1, 0.15) is 0 Å². The predicted molar refractivity (Wildman–Crippen MR) is 396 cm³/mol. The van der Waals surface area contributed by atoms with Crippen LogP contribution in [0.1, 0.15) is 303 Å². The van der Waals surface area contributed by atoms with Crippen LogP contribution in [0.2, 0.25) is 0 Å². The van der Waals surface area contributed by atoms with Crippen LogP contribution in [-0.2, 0) is 0 Å². The Morgan fingerprint density at radius 2 is 0.471 bits per heavy atom. The Hall–Kier alpha value is -0.400. The van der Waals surface area contributed by atoms with Gasteiger partial charge in [-0.25, -0.2) is 0 Å². The molecule has 0 spiro atoms. The van der Waals surface area contributed by atoms with Crippen molar-refractivity contribution in [3.63, 3.8) is 0 Å². The van der Waals surface area contributed by atoms with Crippen LogP contribution in [0.15, 0.2) is 0 Å². The Balaban J connectivity index is 0. The Labute approximate surface area is 551 Å². The van der Waals surface area contributed by atoms with Crippen molar-refractivity contribution in [2.45, 2.75) is 348 Å². The molecule has 8 fully saturated rings. The molecule has 1 unspecified atom stereocenters. The number of hydrogen-bond acceptors (Lipinski definition) is 10. The summed E-state index contributed by atoms with van der Waals surface area (Å²) in [4.78, 5) is 25.4. The molecule has 8 heterocycles. The number of piperazine rings is 1. The summed E-state index contributed by atoms with van der Waals surface area (Å²) in [7, 11) is 4.41. The first-order chi connectivity index (χ1) is 40.5. The molecule has 1 atom stereocenters. The molecule has 0 amide bonds. The van der Waals surface area contributed by atoms with Crippen molar-refractivity contribution in [1.82, 2.24) is 49.0 Å². The molecule has 0 aromatic carbocycles. The van der Waals surface area contributed by atoms with E-state index >= 15 is 0 Å². The fourth-order valence-corrected chi connectivity index (χ4v) is 12.6. The summed E-state index contributed by atoms with van der Waals surface area (Å²) in [5.74, 6) is 1.87. The summed E-state index contributed by atoms with van der Waals surface area (Å²) in [6.45, 7) is 86.6. The van der Waals surface area contributed by atoms with E-state index in [2.05, 4.69) is 222 Å². The van der Waals surface area contributed by atoms with E-state index in [9.17, 15) is 0 Å². The summed E-state index contributed by atoms with van der Waals surface area (Å²) in [6.07, 6.45) is 25.4. The van der Waals surface area contributed by atoms with Crippen LogP contribution in [0.5, 0.6) is 0 Å². The number of nitrogens with zero attached hydrogens (tertiary/aromatic N) is 10. The average molecular weight is 1230 g/mol. The van der Waals surface area contributed by atoms with Gasteiger partial charge in [0, 0.05) is 91.6 Å². The maximum Gasteiger partial charge on any atom is 0.0126 e. The second kappa shape index (κ2) is 48.3. The molecule has 0 radical (unpaired) electrons. The first-order valence-electron chi connectivity index (χ1n) is 37.9. The maximum absolute atomic E-state index is 2.59. The quantitative estimate of drug-likeness (QED) is 0.273. The lowest BCUT2D eigenvalue weighted by molar-refractivity contribution is 0.0735. The fourth-order valence-electron chi connectivity index (χ4n) is 12.6. The highest BCUT2D eigenvalue weighted by Gasteiger charge is 2.29. The largest absolute Gasteiger partial charge is 0.305 e. The van der Waals surface area contributed by atoms with E-state index in [0.29, 0.717) is 27.7 Å². The van der Waals surface area contributed by atoms with E-state index in [1.54, 1.807) is 0 Å². The highest BCUT2D eigenvalue weighted by Crippen LogP contribution is 2.25. The lowest BCUT2D eigenvalue weighted by atomic mass is 9.95. The molecule has 526 valence electrons. The van der Waals surface area contributed by atoms with Crippen molar-refractivity contribution in [2.24, 2.45) is 11.8 Å². The van der Waals surface area contributed by atoms with Crippen LogP contribution in [0, 0.1) is 11.8 Å². The minimum atomic E-state index is 0.362. The fraction of sp³-hybridized carbons (Fsp3) is 1.00.